The highest BCUT2D eigenvalue weighted by molar-refractivity contribution is 6.30. The molecule has 1 fully saturated rings. The van der Waals surface area contributed by atoms with Crippen LogP contribution in [0.25, 0.3) is 11.4 Å². The molecule has 1 aromatic heterocycles. The molecule has 1 N–H and O–H groups in total. The van der Waals surface area contributed by atoms with Crippen LogP contribution in [0.2, 0.25) is 5.02 Å². The quantitative estimate of drug-likeness (QED) is 0.934. The highest BCUT2D eigenvalue weighted by Crippen LogP contribution is 2.34. The fraction of sp³-hybridized carbons (Fsp3) is 0.429. The molecular formula is C14H16ClN3O. The van der Waals surface area contributed by atoms with Crippen LogP contribution in [0.15, 0.2) is 28.8 Å². The average Bonchev–Trinajstić information content (AvgIpc) is 3.08. The van der Waals surface area contributed by atoms with E-state index in [-0.39, 0.29) is 5.54 Å². The van der Waals surface area contributed by atoms with Gasteiger partial charge in [-0.05, 0) is 37.9 Å². The Kier molecular flexibility index (Phi) is 3.29. The zero-order valence-corrected chi connectivity index (χ0v) is 11.6. The zero-order chi connectivity index (χ0) is 13.3. The van der Waals surface area contributed by atoms with E-state index < -0.39 is 0 Å². The summed E-state index contributed by atoms with van der Waals surface area (Å²) in [4.78, 5) is 4.55. The van der Waals surface area contributed by atoms with Crippen molar-refractivity contribution in [1.82, 2.24) is 15.5 Å². The van der Waals surface area contributed by atoms with E-state index in [1.54, 1.807) is 0 Å². The second-order valence-corrected chi connectivity index (χ2v) is 5.34. The van der Waals surface area contributed by atoms with Crippen molar-refractivity contribution in [2.75, 3.05) is 6.54 Å². The molecule has 5 heteroatoms. The van der Waals surface area contributed by atoms with Crippen LogP contribution >= 0.6 is 11.6 Å². The maximum atomic E-state index is 5.98. The molecule has 0 radical (unpaired) electrons. The van der Waals surface area contributed by atoms with Gasteiger partial charge in [-0.3, -0.25) is 0 Å². The van der Waals surface area contributed by atoms with E-state index >= 15 is 0 Å². The molecule has 4 nitrogen and oxygen atoms in total. The van der Waals surface area contributed by atoms with E-state index in [9.17, 15) is 0 Å². The van der Waals surface area contributed by atoms with Crippen LogP contribution in [0.1, 0.15) is 32.1 Å². The number of rotatable bonds is 3. The molecule has 1 aliphatic heterocycles. The molecule has 1 atom stereocenters. The van der Waals surface area contributed by atoms with Gasteiger partial charge in [-0.2, -0.15) is 4.98 Å². The summed E-state index contributed by atoms with van der Waals surface area (Å²) < 4.78 is 5.47. The molecule has 2 heterocycles. The minimum atomic E-state index is -0.149. The normalized spacial score (nSPS) is 22.8. The highest BCUT2D eigenvalue weighted by Gasteiger charge is 2.38. The Morgan fingerprint density at radius 1 is 1.47 bits per heavy atom. The molecule has 1 aliphatic rings. The van der Waals surface area contributed by atoms with Crippen molar-refractivity contribution < 1.29 is 4.52 Å². The molecule has 0 spiro atoms. The Bertz CT molecular complexity index is 576. The molecular weight excluding hydrogens is 262 g/mol. The van der Waals surface area contributed by atoms with Crippen LogP contribution in [0.4, 0.5) is 0 Å². The summed E-state index contributed by atoms with van der Waals surface area (Å²) in [5.41, 5.74) is 0.732. The van der Waals surface area contributed by atoms with Gasteiger partial charge in [0.25, 0.3) is 0 Å². The third-order valence-electron chi connectivity index (χ3n) is 3.77. The number of benzene rings is 1. The van der Waals surface area contributed by atoms with Crippen molar-refractivity contribution in [1.29, 1.82) is 0 Å². The van der Waals surface area contributed by atoms with Gasteiger partial charge in [0.05, 0.1) is 5.54 Å². The number of aromatic nitrogens is 2. The zero-order valence-electron chi connectivity index (χ0n) is 10.8. The van der Waals surface area contributed by atoms with E-state index in [0.717, 1.165) is 31.4 Å². The lowest BCUT2D eigenvalue weighted by Gasteiger charge is -2.22. The van der Waals surface area contributed by atoms with Gasteiger partial charge in [0.15, 0.2) is 0 Å². The summed E-state index contributed by atoms with van der Waals surface area (Å²) >= 11 is 5.98. The van der Waals surface area contributed by atoms with Gasteiger partial charge >= 0.3 is 0 Å². The Morgan fingerprint density at radius 3 is 3.05 bits per heavy atom. The summed E-state index contributed by atoms with van der Waals surface area (Å²) in [5, 5.41) is 8.24. The van der Waals surface area contributed by atoms with Crippen molar-refractivity contribution in [2.24, 2.45) is 0 Å². The van der Waals surface area contributed by atoms with Crippen LogP contribution in [-0.4, -0.2) is 16.7 Å². The Balaban J connectivity index is 1.95. The standard InChI is InChI=1S/C14H16ClN3O/c1-2-14(7-4-8-16-14)13-17-12(18-19-13)10-5-3-6-11(15)9-10/h3,5-6,9,16H,2,4,7-8H2,1H3. The van der Waals surface area contributed by atoms with Crippen molar-refractivity contribution in [3.8, 4) is 11.4 Å². The lowest BCUT2D eigenvalue weighted by molar-refractivity contribution is 0.250. The van der Waals surface area contributed by atoms with Crippen molar-refractivity contribution in [2.45, 2.75) is 31.7 Å². The SMILES string of the molecule is CCC1(c2nc(-c3cccc(Cl)c3)no2)CCCN1. The Hall–Kier alpha value is -1.39. The molecule has 2 aromatic rings. The number of nitrogens with zero attached hydrogens (tertiary/aromatic N) is 2. The first kappa shape index (κ1) is 12.6. The van der Waals surface area contributed by atoms with Gasteiger partial charge in [-0.15, -0.1) is 0 Å². The summed E-state index contributed by atoms with van der Waals surface area (Å²) in [7, 11) is 0. The van der Waals surface area contributed by atoms with Gasteiger partial charge in [0.2, 0.25) is 11.7 Å². The largest absolute Gasteiger partial charge is 0.337 e. The van der Waals surface area contributed by atoms with Gasteiger partial charge < -0.3 is 9.84 Å². The van der Waals surface area contributed by atoms with Gasteiger partial charge in [0, 0.05) is 10.6 Å². The average molecular weight is 278 g/mol. The lowest BCUT2D eigenvalue weighted by atomic mass is 9.94. The fourth-order valence-electron chi connectivity index (χ4n) is 2.60. The first-order valence-electron chi connectivity index (χ1n) is 6.59. The van der Waals surface area contributed by atoms with Crippen LogP contribution in [0.3, 0.4) is 0 Å². The predicted octanol–water partition coefficient (Wildman–Crippen LogP) is 3.38. The molecule has 3 rings (SSSR count). The third kappa shape index (κ3) is 2.26. The number of halogens is 1. The monoisotopic (exact) mass is 277 g/mol. The first-order chi connectivity index (χ1) is 9.23. The van der Waals surface area contributed by atoms with E-state index in [4.69, 9.17) is 16.1 Å². The van der Waals surface area contributed by atoms with Crippen molar-refractivity contribution in [3.05, 3.63) is 35.2 Å². The third-order valence-corrected chi connectivity index (χ3v) is 4.00. The van der Waals surface area contributed by atoms with E-state index in [1.165, 1.54) is 0 Å². The Morgan fingerprint density at radius 2 is 2.37 bits per heavy atom. The van der Waals surface area contributed by atoms with Crippen molar-refractivity contribution in [3.63, 3.8) is 0 Å². The minimum absolute atomic E-state index is 0.149. The van der Waals surface area contributed by atoms with Crippen LogP contribution < -0.4 is 5.32 Å². The van der Waals surface area contributed by atoms with E-state index in [0.29, 0.717) is 16.7 Å². The lowest BCUT2D eigenvalue weighted by Crippen LogP contribution is -2.36. The molecule has 1 aromatic carbocycles. The maximum Gasteiger partial charge on any atom is 0.247 e. The summed E-state index contributed by atoms with van der Waals surface area (Å²) in [6, 6.07) is 7.49. The summed E-state index contributed by atoms with van der Waals surface area (Å²) in [6.45, 7) is 3.14. The highest BCUT2D eigenvalue weighted by atomic mass is 35.5. The second-order valence-electron chi connectivity index (χ2n) is 4.90. The summed E-state index contributed by atoms with van der Waals surface area (Å²) in [6.07, 6.45) is 3.13. The van der Waals surface area contributed by atoms with Crippen LogP contribution in [-0.2, 0) is 5.54 Å². The Labute approximate surface area is 117 Å². The first-order valence-corrected chi connectivity index (χ1v) is 6.96. The summed E-state index contributed by atoms with van der Waals surface area (Å²) in [5.74, 6) is 1.28. The van der Waals surface area contributed by atoms with E-state index in [1.807, 2.05) is 24.3 Å². The van der Waals surface area contributed by atoms with Crippen LogP contribution in [0, 0.1) is 0 Å². The molecule has 1 saturated heterocycles. The maximum absolute atomic E-state index is 5.98. The van der Waals surface area contributed by atoms with Gasteiger partial charge in [-0.25, -0.2) is 0 Å². The molecule has 100 valence electrons. The number of nitrogens with one attached hydrogen (secondary N) is 1. The number of hydrogen-bond acceptors (Lipinski definition) is 4. The fourth-order valence-corrected chi connectivity index (χ4v) is 2.79. The molecule has 19 heavy (non-hydrogen) atoms. The molecule has 1 unspecified atom stereocenters. The van der Waals surface area contributed by atoms with Crippen molar-refractivity contribution >= 4 is 11.6 Å². The van der Waals surface area contributed by atoms with Crippen LogP contribution in [0.5, 0.6) is 0 Å². The molecule has 0 bridgehead atoms. The van der Waals surface area contributed by atoms with E-state index in [2.05, 4.69) is 22.4 Å². The minimum Gasteiger partial charge on any atom is -0.337 e. The second kappa shape index (κ2) is 4.94. The molecule has 0 aliphatic carbocycles. The molecule has 0 amide bonds. The number of hydrogen-bond donors (Lipinski definition) is 1. The van der Waals surface area contributed by atoms with Gasteiger partial charge in [-0.1, -0.05) is 35.8 Å². The topological polar surface area (TPSA) is 51.0 Å². The van der Waals surface area contributed by atoms with Gasteiger partial charge in [0.1, 0.15) is 0 Å². The predicted molar refractivity (Wildman–Crippen MR) is 73.9 cm³/mol. The molecule has 0 saturated carbocycles. The smallest absolute Gasteiger partial charge is 0.247 e.